The number of rotatable bonds is 4. The van der Waals surface area contributed by atoms with Gasteiger partial charge in [-0.25, -0.2) is 0 Å². The van der Waals surface area contributed by atoms with Crippen molar-refractivity contribution in [1.82, 2.24) is 5.32 Å². The van der Waals surface area contributed by atoms with Crippen LogP contribution in [0.15, 0.2) is 30.3 Å². The monoisotopic (exact) mass is 177 g/mol. The Balaban J connectivity index is 2.82. The molecule has 0 spiro atoms. The van der Waals surface area contributed by atoms with Crippen molar-refractivity contribution in [1.29, 1.82) is 0 Å². The summed E-state index contributed by atoms with van der Waals surface area (Å²) in [6.07, 6.45) is 0.762. The van der Waals surface area contributed by atoms with Crippen LogP contribution in [0, 0.1) is 5.92 Å². The number of carbonyl (C=O) groups excluding carboxylic acids is 1. The maximum absolute atomic E-state index is 10.4. The fraction of sp³-hybridized carbons (Fsp3) is 0.364. The van der Waals surface area contributed by atoms with Crippen molar-refractivity contribution >= 4 is 6.41 Å². The SMILES string of the molecule is CC(C)[C@H](NC=O)c1ccccc1. The summed E-state index contributed by atoms with van der Waals surface area (Å²) in [7, 11) is 0. The minimum Gasteiger partial charge on any atom is -0.352 e. The van der Waals surface area contributed by atoms with Crippen LogP contribution < -0.4 is 5.32 Å². The van der Waals surface area contributed by atoms with Crippen LogP contribution in [0.25, 0.3) is 0 Å². The predicted octanol–water partition coefficient (Wildman–Crippen LogP) is 2.13. The minimum atomic E-state index is 0.124. The van der Waals surface area contributed by atoms with Gasteiger partial charge in [-0.3, -0.25) is 4.79 Å². The van der Waals surface area contributed by atoms with Crippen LogP contribution in [0.4, 0.5) is 0 Å². The lowest BCUT2D eigenvalue weighted by Crippen LogP contribution is -2.24. The molecule has 1 N–H and O–H groups in total. The van der Waals surface area contributed by atoms with Gasteiger partial charge in [0.15, 0.2) is 0 Å². The van der Waals surface area contributed by atoms with Crippen molar-refractivity contribution < 1.29 is 4.79 Å². The number of benzene rings is 1. The smallest absolute Gasteiger partial charge is 0.207 e. The molecule has 0 aliphatic carbocycles. The molecule has 0 unspecified atom stereocenters. The summed E-state index contributed by atoms with van der Waals surface area (Å²) >= 11 is 0. The molecule has 1 atom stereocenters. The molecular weight excluding hydrogens is 162 g/mol. The highest BCUT2D eigenvalue weighted by molar-refractivity contribution is 5.47. The van der Waals surface area contributed by atoms with Gasteiger partial charge in [0.25, 0.3) is 0 Å². The minimum absolute atomic E-state index is 0.124. The van der Waals surface area contributed by atoms with Crippen LogP contribution in [-0.4, -0.2) is 6.41 Å². The summed E-state index contributed by atoms with van der Waals surface area (Å²) in [6.45, 7) is 4.18. The van der Waals surface area contributed by atoms with E-state index in [2.05, 4.69) is 19.2 Å². The Kier molecular flexibility index (Phi) is 3.50. The quantitative estimate of drug-likeness (QED) is 0.701. The standard InChI is InChI=1S/C11H15NO/c1-9(2)11(12-8-13)10-6-4-3-5-7-10/h3-9,11H,1-2H3,(H,12,13)/t11-/m0/s1. The van der Waals surface area contributed by atoms with Crippen LogP contribution >= 0.6 is 0 Å². The Labute approximate surface area is 79.0 Å². The maximum Gasteiger partial charge on any atom is 0.207 e. The average molecular weight is 177 g/mol. The van der Waals surface area contributed by atoms with Crippen LogP contribution in [0.5, 0.6) is 0 Å². The Hall–Kier alpha value is -1.31. The van der Waals surface area contributed by atoms with Gasteiger partial charge in [-0.2, -0.15) is 0 Å². The molecule has 0 bridgehead atoms. The average Bonchev–Trinajstić information content (AvgIpc) is 2.15. The lowest BCUT2D eigenvalue weighted by Gasteiger charge is -2.20. The van der Waals surface area contributed by atoms with E-state index >= 15 is 0 Å². The lowest BCUT2D eigenvalue weighted by atomic mass is 9.96. The molecular formula is C11H15NO. The first-order chi connectivity index (χ1) is 6.25. The van der Waals surface area contributed by atoms with E-state index in [-0.39, 0.29) is 6.04 Å². The second kappa shape index (κ2) is 4.65. The van der Waals surface area contributed by atoms with Gasteiger partial charge in [-0.05, 0) is 11.5 Å². The third-order valence-corrected chi connectivity index (χ3v) is 2.07. The number of nitrogens with one attached hydrogen (secondary N) is 1. The number of amides is 1. The molecule has 2 nitrogen and oxygen atoms in total. The van der Waals surface area contributed by atoms with Crippen molar-refractivity contribution in [2.24, 2.45) is 5.92 Å². The largest absolute Gasteiger partial charge is 0.352 e. The van der Waals surface area contributed by atoms with Gasteiger partial charge in [0.1, 0.15) is 0 Å². The van der Waals surface area contributed by atoms with E-state index < -0.39 is 0 Å². The second-order valence-corrected chi connectivity index (χ2v) is 3.42. The summed E-state index contributed by atoms with van der Waals surface area (Å²) in [4.78, 5) is 10.4. The molecule has 0 aromatic heterocycles. The molecule has 0 radical (unpaired) electrons. The maximum atomic E-state index is 10.4. The first-order valence-corrected chi connectivity index (χ1v) is 4.50. The van der Waals surface area contributed by atoms with E-state index in [1.807, 2.05) is 30.3 Å². The topological polar surface area (TPSA) is 29.1 Å². The van der Waals surface area contributed by atoms with Crippen LogP contribution in [0.1, 0.15) is 25.5 Å². The molecule has 0 saturated heterocycles. The number of hydrogen-bond acceptors (Lipinski definition) is 1. The van der Waals surface area contributed by atoms with Crippen LogP contribution in [0.2, 0.25) is 0 Å². The zero-order valence-electron chi connectivity index (χ0n) is 8.03. The molecule has 1 aromatic carbocycles. The molecule has 0 aliphatic heterocycles. The summed E-state index contributed by atoms with van der Waals surface area (Å²) in [5, 5.41) is 2.82. The number of carbonyl (C=O) groups is 1. The molecule has 0 fully saturated rings. The zero-order valence-corrected chi connectivity index (χ0v) is 8.03. The predicted molar refractivity (Wildman–Crippen MR) is 53.2 cm³/mol. The van der Waals surface area contributed by atoms with E-state index in [9.17, 15) is 4.79 Å². The van der Waals surface area contributed by atoms with E-state index in [0.717, 1.165) is 12.0 Å². The highest BCUT2D eigenvalue weighted by atomic mass is 16.1. The Morgan fingerprint density at radius 1 is 1.23 bits per heavy atom. The molecule has 2 heteroatoms. The van der Waals surface area contributed by atoms with E-state index in [4.69, 9.17) is 0 Å². The van der Waals surface area contributed by atoms with Crippen molar-refractivity contribution in [2.75, 3.05) is 0 Å². The van der Waals surface area contributed by atoms with Crippen molar-refractivity contribution in [2.45, 2.75) is 19.9 Å². The molecule has 0 aliphatic rings. The molecule has 1 rings (SSSR count). The van der Waals surface area contributed by atoms with E-state index in [0.29, 0.717) is 5.92 Å². The normalized spacial score (nSPS) is 12.5. The Morgan fingerprint density at radius 2 is 1.85 bits per heavy atom. The van der Waals surface area contributed by atoms with Crippen molar-refractivity contribution in [3.05, 3.63) is 35.9 Å². The third-order valence-electron chi connectivity index (χ3n) is 2.07. The zero-order chi connectivity index (χ0) is 9.68. The second-order valence-electron chi connectivity index (χ2n) is 3.42. The van der Waals surface area contributed by atoms with Gasteiger partial charge in [-0.15, -0.1) is 0 Å². The molecule has 13 heavy (non-hydrogen) atoms. The number of hydrogen-bond donors (Lipinski definition) is 1. The van der Waals surface area contributed by atoms with Gasteiger partial charge in [0.2, 0.25) is 6.41 Å². The molecule has 1 aromatic rings. The lowest BCUT2D eigenvalue weighted by molar-refractivity contribution is -0.110. The molecule has 1 amide bonds. The highest BCUT2D eigenvalue weighted by Crippen LogP contribution is 2.20. The van der Waals surface area contributed by atoms with Crippen LogP contribution in [-0.2, 0) is 4.79 Å². The summed E-state index contributed by atoms with van der Waals surface area (Å²) < 4.78 is 0. The highest BCUT2D eigenvalue weighted by Gasteiger charge is 2.13. The summed E-state index contributed by atoms with van der Waals surface area (Å²) in [6, 6.07) is 10.1. The Morgan fingerprint density at radius 3 is 2.31 bits per heavy atom. The van der Waals surface area contributed by atoms with Gasteiger partial charge in [-0.1, -0.05) is 44.2 Å². The molecule has 70 valence electrons. The fourth-order valence-corrected chi connectivity index (χ4v) is 1.41. The first-order valence-electron chi connectivity index (χ1n) is 4.50. The van der Waals surface area contributed by atoms with Gasteiger partial charge in [0.05, 0.1) is 6.04 Å². The molecule has 0 saturated carbocycles. The van der Waals surface area contributed by atoms with Crippen LogP contribution in [0.3, 0.4) is 0 Å². The first kappa shape index (κ1) is 9.78. The third kappa shape index (κ3) is 2.58. The molecule has 0 heterocycles. The summed E-state index contributed by atoms with van der Waals surface area (Å²) in [5.74, 6) is 0.410. The van der Waals surface area contributed by atoms with Gasteiger partial charge >= 0.3 is 0 Å². The fourth-order valence-electron chi connectivity index (χ4n) is 1.41. The van der Waals surface area contributed by atoms with E-state index in [1.54, 1.807) is 0 Å². The van der Waals surface area contributed by atoms with Gasteiger partial charge < -0.3 is 5.32 Å². The van der Waals surface area contributed by atoms with Crippen molar-refractivity contribution in [3.8, 4) is 0 Å². The Bertz CT molecular complexity index is 256. The van der Waals surface area contributed by atoms with Gasteiger partial charge in [0, 0.05) is 0 Å². The van der Waals surface area contributed by atoms with E-state index in [1.165, 1.54) is 0 Å². The van der Waals surface area contributed by atoms with Crippen molar-refractivity contribution in [3.63, 3.8) is 0 Å². The summed E-state index contributed by atoms with van der Waals surface area (Å²) in [5.41, 5.74) is 1.16.